The fourth-order valence-corrected chi connectivity index (χ4v) is 2.80. The fourth-order valence-electron chi connectivity index (χ4n) is 2.60. The first kappa shape index (κ1) is 15.6. The molecule has 120 valence electrons. The topological polar surface area (TPSA) is 67.2 Å². The molecule has 3 rings (SSSR count). The smallest absolute Gasteiger partial charge is 0.255 e. The van der Waals surface area contributed by atoms with E-state index >= 15 is 0 Å². The molecule has 0 radical (unpaired) electrons. The van der Waals surface area contributed by atoms with Gasteiger partial charge >= 0.3 is 0 Å². The summed E-state index contributed by atoms with van der Waals surface area (Å²) in [4.78, 5) is 26.1. The van der Waals surface area contributed by atoms with Gasteiger partial charge in [0, 0.05) is 37.9 Å². The number of amides is 2. The lowest BCUT2D eigenvalue weighted by Gasteiger charge is -2.27. The third kappa shape index (κ3) is 3.22. The highest BCUT2D eigenvalue weighted by Gasteiger charge is 2.26. The maximum absolute atomic E-state index is 12.9. The number of nitrogens with one attached hydrogen (secondary N) is 1. The van der Waals surface area contributed by atoms with Crippen LogP contribution < -0.4 is 5.32 Å². The number of hydrogen-bond acceptors (Lipinski definition) is 3. The predicted octanol–water partition coefficient (Wildman–Crippen LogP) is 1.88. The molecule has 2 amide bonds. The molecular formula is C16H17ClN4O2. The highest BCUT2D eigenvalue weighted by atomic mass is 35.5. The van der Waals surface area contributed by atoms with Crippen LogP contribution in [0.5, 0.6) is 0 Å². The van der Waals surface area contributed by atoms with E-state index in [4.69, 9.17) is 11.6 Å². The Hall–Kier alpha value is -2.34. The van der Waals surface area contributed by atoms with E-state index in [1.807, 2.05) is 19.1 Å². The van der Waals surface area contributed by atoms with Gasteiger partial charge in [-0.2, -0.15) is 5.10 Å². The normalized spacial score (nSPS) is 18.4. The van der Waals surface area contributed by atoms with Gasteiger partial charge in [-0.15, -0.1) is 0 Å². The van der Waals surface area contributed by atoms with Crippen molar-refractivity contribution in [1.82, 2.24) is 20.0 Å². The number of hydrogen-bond donors (Lipinski definition) is 1. The highest BCUT2D eigenvalue weighted by molar-refractivity contribution is 6.33. The van der Waals surface area contributed by atoms with Gasteiger partial charge in [-0.05, 0) is 31.2 Å². The van der Waals surface area contributed by atoms with Crippen LogP contribution in [0.3, 0.4) is 0 Å². The molecule has 1 N–H and O–H groups in total. The van der Waals surface area contributed by atoms with Crippen LogP contribution in [0.2, 0.25) is 5.02 Å². The molecule has 1 aromatic heterocycles. The van der Waals surface area contributed by atoms with E-state index in [2.05, 4.69) is 10.4 Å². The minimum atomic E-state index is -0.173. The van der Waals surface area contributed by atoms with Crippen molar-refractivity contribution in [2.75, 3.05) is 13.1 Å². The lowest BCUT2D eigenvalue weighted by atomic mass is 10.1. The maximum Gasteiger partial charge on any atom is 0.255 e. The summed E-state index contributed by atoms with van der Waals surface area (Å²) >= 11 is 6.23. The molecule has 7 heteroatoms. The van der Waals surface area contributed by atoms with Gasteiger partial charge < -0.3 is 10.2 Å². The highest BCUT2D eigenvalue weighted by Crippen LogP contribution is 2.22. The summed E-state index contributed by atoms with van der Waals surface area (Å²) in [7, 11) is 0. The molecule has 0 unspecified atom stereocenters. The van der Waals surface area contributed by atoms with E-state index in [0.29, 0.717) is 30.1 Å². The number of benzene rings is 1. The van der Waals surface area contributed by atoms with Gasteiger partial charge in [-0.1, -0.05) is 11.6 Å². The summed E-state index contributed by atoms with van der Waals surface area (Å²) in [6.07, 6.45) is 3.77. The largest absolute Gasteiger partial charge is 0.354 e. The van der Waals surface area contributed by atoms with Crippen molar-refractivity contribution in [1.29, 1.82) is 0 Å². The van der Waals surface area contributed by atoms with E-state index in [9.17, 15) is 9.59 Å². The van der Waals surface area contributed by atoms with Crippen LogP contribution in [0.25, 0.3) is 5.69 Å². The molecular weight excluding hydrogens is 316 g/mol. The minimum absolute atomic E-state index is 0.0384. The van der Waals surface area contributed by atoms with Gasteiger partial charge in [0.1, 0.15) is 0 Å². The molecule has 1 aromatic carbocycles. The Balaban J connectivity index is 1.92. The summed E-state index contributed by atoms with van der Waals surface area (Å²) in [5.74, 6) is -0.212. The second-order valence-corrected chi connectivity index (χ2v) is 5.92. The SMILES string of the molecule is C[C@H]1CNC(=O)CCN1C(=O)c1cc(-n2cccn2)ccc1Cl. The summed E-state index contributed by atoms with van der Waals surface area (Å²) < 4.78 is 1.67. The van der Waals surface area contributed by atoms with Gasteiger partial charge in [-0.3, -0.25) is 9.59 Å². The Kier molecular flexibility index (Phi) is 4.34. The standard InChI is InChI=1S/C16H17ClN4O2/c1-11-10-18-15(22)5-8-20(11)16(23)13-9-12(3-4-14(13)17)21-7-2-6-19-21/h2-4,6-7,9,11H,5,8,10H2,1H3,(H,18,22)/t11-/m0/s1. The summed E-state index contributed by atoms with van der Waals surface area (Å²) in [5, 5.41) is 7.35. The van der Waals surface area contributed by atoms with Crippen LogP contribution in [-0.4, -0.2) is 45.6 Å². The molecule has 0 aliphatic carbocycles. The molecule has 0 spiro atoms. The molecule has 1 atom stereocenters. The lowest BCUT2D eigenvalue weighted by Crippen LogP contribution is -2.41. The van der Waals surface area contributed by atoms with E-state index in [1.165, 1.54) is 0 Å². The number of carbonyl (C=O) groups is 2. The first-order valence-electron chi connectivity index (χ1n) is 7.43. The lowest BCUT2D eigenvalue weighted by molar-refractivity contribution is -0.120. The summed E-state index contributed by atoms with van der Waals surface area (Å²) in [6, 6.07) is 6.95. The number of halogens is 1. The van der Waals surface area contributed by atoms with Gasteiger partial charge in [0.2, 0.25) is 5.91 Å². The molecule has 0 saturated carbocycles. The average molecular weight is 333 g/mol. The van der Waals surface area contributed by atoms with Gasteiger partial charge in [0.15, 0.2) is 0 Å². The Morgan fingerprint density at radius 1 is 1.43 bits per heavy atom. The quantitative estimate of drug-likeness (QED) is 0.913. The zero-order valence-electron chi connectivity index (χ0n) is 12.7. The van der Waals surface area contributed by atoms with Crippen molar-refractivity contribution in [2.45, 2.75) is 19.4 Å². The minimum Gasteiger partial charge on any atom is -0.354 e. The van der Waals surface area contributed by atoms with E-state index in [-0.39, 0.29) is 17.9 Å². The van der Waals surface area contributed by atoms with E-state index < -0.39 is 0 Å². The van der Waals surface area contributed by atoms with Crippen molar-refractivity contribution < 1.29 is 9.59 Å². The van der Waals surface area contributed by atoms with E-state index in [0.717, 1.165) is 5.69 Å². The number of rotatable bonds is 2. The molecule has 1 aliphatic heterocycles. The zero-order chi connectivity index (χ0) is 16.4. The second-order valence-electron chi connectivity index (χ2n) is 5.52. The molecule has 2 aromatic rings. The zero-order valence-corrected chi connectivity index (χ0v) is 13.5. The van der Waals surface area contributed by atoms with Gasteiger partial charge in [-0.25, -0.2) is 4.68 Å². The van der Waals surface area contributed by atoms with Crippen LogP contribution >= 0.6 is 11.6 Å². The molecule has 6 nitrogen and oxygen atoms in total. The maximum atomic E-state index is 12.9. The fraction of sp³-hybridized carbons (Fsp3) is 0.312. The molecule has 23 heavy (non-hydrogen) atoms. The van der Waals surface area contributed by atoms with Gasteiger partial charge in [0.05, 0.1) is 16.3 Å². The summed E-state index contributed by atoms with van der Waals surface area (Å²) in [6.45, 7) is 2.74. The summed E-state index contributed by atoms with van der Waals surface area (Å²) in [5.41, 5.74) is 1.18. The molecule has 1 saturated heterocycles. The molecule has 1 fully saturated rings. The van der Waals surface area contributed by atoms with Crippen LogP contribution in [0.15, 0.2) is 36.7 Å². The molecule has 0 bridgehead atoms. The Bertz CT molecular complexity index is 730. The van der Waals surface area contributed by atoms with Crippen molar-refractivity contribution in [2.24, 2.45) is 0 Å². The Morgan fingerprint density at radius 3 is 3.00 bits per heavy atom. The third-order valence-corrected chi connectivity index (χ3v) is 4.25. The van der Waals surface area contributed by atoms with Crippen LogP contribution in [0.1, 0.15) is 23.7 Å². The number of carbonyl (C=O) groups excluding carboxylic acids is 2. The number of aromatic nitrogens is 2. The Labute approximate surface area is 139 Å². The Morgan fingerprint density at radius 2 is 2.26 bits per heavy atom. The predicted molar refractivity (Wildman–Crippen MR) is 86.7 cm³/mol. The molecule has 2 heterocycles. The van der Waals surface area contributed by atoms with Crippen molar-refractivity contribution in [3.63, 3.8) is 0 Å². The van der Waals surface area contributed by atoms with E-state index in [1.54, 1.807) is 34.1 Å². The van der Waals surface area contributed by atoms with Crippen molar-refractivity contribution in [3.8, 4) is 5.69 Å². The van der Waals surface area contributed by atoms with Crippen molar-refractivity contribution >= 4 is 23.4 Å². The monoisotopic (exact) mass is 332 g/mol. The van der Waals surface area contributed by atoms with Crippen LogP contribution in [0, 0.1) is 0 Å². The third-order valence-electron chi connectivity index (χ3n) is 3.92. The second kappa shape index (κ2) is 6.42. The van der Waals surface area contributed by atoms with Crippen LogP contribution in [0.4, 0.5) is 0 Å². The first-order chi connectivity index (χ1) is 11.1. The van der Waals surface area contributed by atoms with Gasteiger partial charge in [0.25, 0.3) is 5.91 Å². The number of nitrogens with zero attached hydrogens (tertiary/aromatic N) is 3. The van der Waals surface area contributed by atoms with Crippen LogP contribution in [-0.2, 0) is 4.79 Å². The first-order valence-corrected chi connectivity index (χ1v) is 7.81. The average Bonchev–Trinajstić information content (AvgIpc) is 3.02. The molecule has 1 aliphatic rings. The van der Waals surface area contributed by atoms with Crippen molar-refractivity contribution in [3.05, 3.63) is 47.2 Å².